The second kappa shape index (κ2) is 9.10. The van der Waals surface area contributed by atoms with Crippen molar-refractivity contribution < 1.29 is 27.5 Å². The molecule has 1 saturated carbocycles. The summed E-state index contributed by atoms with van der Waals surface area (Å²) in [4.78, 5) is 28.2. The lowest BCUT2D eigenvalue weighted by molar-refractivity contribution is -0.191. The molecule has 0 aliphatic heterocycles. The van der Waals surface area contributed by atoms with Gasteiger partial charge in [-0.15, -0.1) is 0 Å². The average Bonchev–Trinajstić information content (AvgIpc) is 3.00. The highest BCUT2D eigenvalue weighted by molar-refractivity contribution is 5.86. The molecule has 3 rings (SSSR count). The first-order valence-corrected chi connectivity index (χ1v) is 10.2. The third-order valence-corrected chi connectivity index (χ3v) is 5.73. The topological polar surface area (TPSA) is 71.2 Å². The molecule has 0 spiro atoms. The summed E-state index contributed by atoms with van der Waals surface area (Å²) in [6.45, 7) is 2.78. The van der Waals surface area contributed by atoms with Crippen LogP contribution in [0.25, 0.3) is 10.9 Å². The number of aromatic nitrogens is 1. The molecule has 30 heavy (non-hydrogen) atoms. The molecule has 1 amide bonds. The number of nitrogens with one attached hydrogen (secondary N) is 2. The highest BCUT2D eigenvalue weighted by Crippen LogP contribution is 2.32. The van der Waals surface area contributed by atoms with E-state index in [1.807, 2.05) is 26.0 Å². The number of alkyl halides is 3. The summed E-state index contributed by atoms with van der Waals surface area (Å²) in [6.07, 6.45) is -1.64. The first-order valence-electron chi connectivity index (χ1n) is 10.2. The van der Waals surface area contributed by atoms with Gasteiger partial charge in [0.1, 0.15) is 0 Å². The number of ether oxygens (including phenoxy) is 1. The molecule has 1 aliphatic carbocycles. The highest BCUT2D eigenvalue weighted by atomic mass is 19.4. The lowest BCUT2D eigenvalue weighted by Crippen LogP contribution is -2.41. The van der Waals surface area contributed by atoms with E-state index < -0.39 is 30.6 Å². The minimum atomic E-state index is -4.57. The van der Waals surface area contributed by atoms with Gasteiger partial charge in [-0.2, -0.15) is 13.2 Å². The lowest BCUT2D eigenvalue weighted by atomic mass is 9.78. The molecular formula is C22H27F3N2O3. The Morgan fingerprint density at radius 3 is 2.57 bits per heavy atom. The zero-order valence-corrected chi connectivity index (χ0v) is 17.2. The Hall–Kier alpha value is -2.51. The fourth-order valence-corrected chi connectivity index (χ4v) is 4.25. The molecule has 0 unspecified atom stereocenters. The monoisotopic (exact) mass is 424 g/mol. The summed E-state index contributed by atoms with van der Waals surface area (Å²) < 4.78 is 41.5. The molecule has 2 N–H and O–H groups in total. The second-order valence-corrected chi connectivity index (χ2v) is 8.04. The smallest absolute Gasteiger partial charge is 0.422 e. The number of carbonyl (C=O) groups excluding carboxylic acids is 2. The van der Waals surface area contributed by atoms with Gasteiger partial charge in [0.05, 0.1) is 11.8 Å². The Labute approximate surface area is 173 Å². The number of H-pyrrole nitrogens is 1. The summed E-state index contributed by atoms with van der Waals surface area (Å²) >= 11 is 0. The van der Waals surface area contributed by atoms with Crippen LogP contribution in [-0.4, -0.2) is 36.2 Å². The van der Waals surface area contributed by atoms with Crippen LogP contribution in [0.2, 0.25) is 0 Å². The van der Waals surface area contributed by atoms with Crippen LogP contribution in [0.5, 0.6) is 0 Å². The number of amides is 1. The number of aryl methyl sites for hydroxylation is 2. The number of halogens is 3. The van der Waals surface area contributed by atoms with Gasteiger partial charge in [0.2, 0.25) is 5.91 Å². The number of esters is 1. The first-order chi connectivity index (χ1) is 14.2. The maximum absolute atomic E-state index is 12.7. The fourth-order valence-electron chi connectivity index (χ4n) is 4.25. The van der Waals surface area contributed by atoms with E-state index in [9.17, 15) is 22.8 Å². The standard InChI is InChI=1S/C22H27F3N2O3/c1-13-7-8-19-18(11-13)15(14(2)27-19)9-10-26-20(28)16-5-3-4-6-17(16)21(29)30-12-22(23,24)25/h7-8,11,16-17,27H,3-6,9-10,12H2,1-2H3,(H,26,28)/t16-,17-/m0/s1. The minimum Gasteiger partial charge on any atom is -0.456 e. The summed E-state index contributed by atoms with van der Waals surface area (Å²) in [7, 11) is 0. The van der Waals surface area contributed by atoms with E-state index in [1.165, 1.54) is 0 Å². The molecule has 0 radical (unpaired) electrons. The predicted octanol–water partition coefficient (Wildman–Crippen LogP) is 4.36. The predicted molar refractivity (Wildman–Crippen MR) is 107 cm³/mol. The molecule has 0 saturated heterocycles. The van der Waals surface area contributed by atoms with Gasteiger partial charge in [-0.05, 0) is 50.8 Å². The largest absolute Gasteiger partial charge is 0.456 e. The number of rotatable bonds is 6. The molecular weight excluding hydrogens is 397 g/mol. The number of hydrogen-bond acceptors (Lipinski definition) is 3. The number of benzene rings is 1. The molecule has 0 bridgehead atoms. The van der Waals surface area contributed by atoms with Gasteiger partial charge in [-0.1, -0.05) is 24.5 Å². The fraction of sp³-hybridized carbons (Fsp3) is 0.545. The maximum Gasteiger partial charge on any atom is 0.422 e. The summed E-state index contributed by atoms with van der Waals surface area (Å²) in [5, 5.41) is 3.99. The van der Waals surface area contributed by atoms with Crippen LogP contribution < -0.4 is 5.32 Å². The van der Waals surface area contributed by atoms with Crippen LogP contribution in [0.15, 0.2) is 18.2 Å². The number of fused-ring (bicyclic) bond motifs is 1. The van der Waals surface area contributed by atoms with E-state index in [2.05, 4.69) is 21.1 Å². The van der Waals surface area contributed by atoms with Crippen molar-refractivity contribution in [3.05, 3.63) is 35.0 Å². The SMILES string of the molecule is Cc1ccc2[nH]c(C)c(CCNC(=O)[C@H]3CCCC[C@@H]3C(=O)OCC(F)(F)F)c2c1. The Morgan fingerprint density at radius 2 is 1.87 bits per heavy atom. The lowest BCUT2D eigenvalue weighted by Gasteiger charge is -2.29. The zero-order valence-electron chi connectivity index (χ0n) is 17.2. The van der Waals surface area contributed by atoms with Crippen molar-refractivity contribution >= 4 is 22.8 Å². The van der Waals surface area contributed by atoms with Gasteiger partial charge in [-0.3, -0.25) is 9.59 Å². The number of hydrogen-bond donors (Lipinski definition) is 2. The summed E-state index contributed by atoms with van der Waals surface area (Å²) in [5.74, 6) is -2.70. The molecule has 5 nitrogen and oxygen atoms in total. The van der Waals surface area contributed by atoms with Crippen molar-refractivity contribution in [2.75, 3.05) is 13.2 Å². The van der Waals surface area contributed by atoms with E-state index in [-0.39, 0.29) is 5.91 Å². The first kappa shape index (κ1) is 22.2. The van der Waals surface area contributed by atoms with Crippen molar-refractivity contribution in [3.8, 4) is 0 Å². The molecule has 164 valence electrons. The van der Waals surface area contributed by atoms with E-state index in [0.717, 1.165) is 34.1 Å². The van der Waals surface area contributed by atoms with Crippen molar-refractivity contribution in [1.82, 2.24) is 10.3 Å². The Kier molecular flexibility index (Phi) is 6.73. The van der Waals surface area contributed by atoms with Crippen LogP contribution in [0.1, 0.15) is 42.5 Å². The molecule has 2 aromatic rings. The molecule has 1 aliphatic rings. The quantitative estimate of drug-likeness (QED) is 0.677. The van der Waals surface area contributed by atoms with E-state index in [1.54, 1.807) is 0 Å². The van der Waals surface area contributed by atoms with Crippen LogP contribution in [0, 0.1) is 25.7 Å². The van der Waals surface area contributed by atoms with Crippen molar-refractivity contribution in [2.24, 2.45) is 11.8 Å². The normalized spacial score (nSPS) is 19.6. The summed E-state index contributed by atoms with van der Waals surface area (Å²) in [5.41, 5.74) is 4.35. The Bertz CT molecular complexity index is 920. The van der Waals surface area contributed by atoms with Crippen molar-refractivity contribution in [3.63, 3.8) is 0 Å². The highest BCUT2D eigenvalue weighted by Gasteiger charge is 2.38. The molecule has 1 heterocycles. The van der Waals surface area contributed by atoms with Crippen LogP contribution >= 0.6 is 0 Å². The second-order valence-electron chi connectivity index (χ2n) is 8.04. The van der Waals surface area contributed by atoms with Crippen molar-refractivity contribution in [2.45, 2.75) is 52.1 Å². The van der Waals surface area contributed by atoms with E-state index in [4.69, 9.17) is 0 Å². The molecule has 8 heteroatoms. The number of aromatic amines is 1. The third-order valence-electron chi connectivity index (χ3n) is 5.73. The Balaban J connectivity index is 1.60. The summed E-state index contributed by atoms with van der Waals surface area (Å²) in [6, 6.07) is 6.16. The molecule has 1 aromatic carbocycles. The van der Waals surface area contributed by atoms with E-state index >= 15 is 0 Å². The van der Waals surface area contributed by atoms with Gasteiger partial charge in [0, 0.05) is 23.1 Å². The van der Waals surface area contributed by atoms with Gasteiger partial charge in [0.15, 0.2) is 6.61 Å². The molecule has 1 aromatic heterocycles. The minimum absolute atomic E-state index is 0.294. The average molecular weight is 424 g/mol. The van der Waals surface area contributed by atoms with Crippen LogP contribution in [-0.2, 0) is 20.7 Å². The van der Waals surface area contributed by atoms with Crippen molar-refractivity contribution in [1.29, 1.82) is 0 Å². The molecule has 2 atom stereocenters. The van der Waals surface area contributed by atoms with Gasteiger partial charge < -0.3 is 15.0 Å². The van der Waals surface area contributed by atoms with Gasteiger partial charge >= 0.3 is 12.1 Å². The Morgan fingerprint density at radius 1 is 1.17 bits per heavy atom. The van der Waals surface area contributed by atoms with E-state index in [0.29, 0.717) is 32.2 Å². The van der Waals surface area contributed by atoms with Gasteiger partial charge in [-0.25, -0.2) is 0 Å². The van der Waals surface area contributed by atoms with Gasteiger partial charge in [0.25, 0.3) is 0 Å². The number of carbonyl (C=O) groups is 2. The zero-order chi connectivity index (χ0) is 21.9. The van der Waals surface area contributed by atoms with Crippen LogP contribution in [0.4, 0.5) is 13.2 Å². The maximum atomic E-state index is 12.7. The molecule has 1 fully saturated rings. The van der Waals surface area contributed by atoms with Crippen LogP contribution in [0.3, 0.4) is 0 Å². The third kappa shape index (κ3) is 5.34.